The highest BCUT2D eigenvalue weighted by Crippen LogP contribution is 2.43. The van der Waals surface area contributed by atoms with E-state index in [0.29, 0.717) is 40.9 Å². The van der Waals surface area contributed by atoms with E-state index in [0.717, 1.165) is 6.42 Å². The van der Waals surface area contributed by atoms with Gasteiger partial charge < -0.3 is 19.3 Å². The smallest absolute Gasteiger partial charge is 0.339 e. The number of aliphatic hydroxyl groups is 1. The number of esters is 1. The van der Waals surface area contributed by atoms with Gasteiger partial charge in [0.05, 0.1) is 24.8 Å². The van der Waals surface area contributed by atoms with Crippen LogP contribution in [0.5, 0.6) is 11.5 Å². The third kappa shape index (κ3) is 2.83. The zero-order valence-corrected chi connectivity index (χ0v) is 12.2. The van der Waals surface area contributed by atoms with Crippen LogP contribution in [0, 0.1) is 6.92 Å². The summed E-state index contributed by atoms with van der Waals surface area (Å²) in [4.78, 5) is 11.7. The van der Waals surface area contributed by atoms with Crippen molar-refractivity contribution in [2.45, 2.75) is 26.4 Å². The number of rotatable bonds is 3. The number of aliphatic hydroxyl groups excluding tert-OH is 1. The second kappa shape index (κ2) is 6.33. The molecule has 1 N–H and O–H groups in total. The van der Waals surface area contributed by atoms with Gasteiger partial charge in [-0.25, -0.2) is 4.79 Å². The number of halogens is 1. The molecule has 0 aromatic heterocycles. The van der Waals surface area contributed by atoms with Crippen molar-refractivity contribution in [3.63, 3.8) is 0 Å². The topological polar surface area (TPSA) is 65.0 Å². The molecule has 2 rings (SSSR count). The summed E-state index contributed by atoms with van der Waals surface area (Å²) in [6.45, 7) is 4.66. The van der Waals surface area contributed by atoms with E-state index in [4.69, 9.17) is 25.8 Å². The van der Waals surface area contributed by atoms with Crippen molar-refractivity contribution < 1.29 is 24.1 Å². The number of hydrogen-bond donors (Lipinski definition) is 1. The van der Waals surface area contributed by atoms with Crippen LogP contribution in [0.15, 0.2) is 6.07 Å². The first-order valence-corrected chi connectivity index (χ1v) is 6.87. The predicted molar refractivity (Wildman–Crippen MR) is 73.4 cm³/mol. The molecule has 0 amide bonds. The van der Waals surface area contributed by atoms with Crippen LogP contribution in [0.3, 0.4) is 0 Å². The Morgan fingerprint density at radius 1 is 1.45 bits per heavy atom. The molecule has 1 aromatic carbocycles. The fraction of sp³-hybridized carbons (Fsp3) is 0.500. The van der Waals surface area contributed by atoms with Gasteiger partial charge in [-0.05, 0) is 19.9 Å². The number of ether oxygens (including phenoxy) is 3. The molecule has 0 bridgehead atoms. The summed E-state index contributed by atoms with van der Waals surface area (Å²) in [7, 11) is 0. The molecule has 1 unspecified atom stereocenters. The summed E-state index contributed by atoms with van der Waals surface area (Å²) in [5.74, 6) is 0.232. The quantitative estimate of drug-likeness (QED) is 0.868. The van der Waals surface area contributed by atoms with Crippen LogP contribution in [0.1, 0.15) is 30.6 Å². The molecule has 0 aliphatic carbocycles. The minimum absolute atomic E-state index is 0.202. The van der Waals surface area contributed by atoms with Gasteiger partial charge in [0.1, 0.15) is 0 Å². The number of fused-ring (bicyclic) bond motifs is 1. The molecule has 1 atom stereocenters. The highest BCUT2D eigenvalue weighted by molar-refractivity contribution is 6.32. The van der Waals surface area contributed by atoms with Crippen LogP contribution in [-0.4, -0.2) is 30.9 Å². The first kappa shape index (κ1) is 14.9. The van der Waals surface area contributed by atoms with E-state index in [1.807, 2.05) is 0 Å². The lowest BCUT2D eigenvalue weighted by Crippen LogP contribution is -2.17. The average molecular weight is 301 g/mol. The average Bonchev–Trinajstić information content (AvgIpc) is 2.68. The SMILES string of the molecule is CCOC(=O)C(O)c1cc(Cl)c2c(c1C)OCCCO2. The van der Waals surface area contributed by atoms with Crippen molar-refractivity contribution in [1.82, 2.24) is 0 Å². The molecule has 0 saturated heterocycles. The molecule has 1 heterocycles. The van der Waals surface area contributed by atoms with Crippen LogP contribution in [0.2, 0.25) is 5.02 Å². The molecule has 1 aliphatic rings. The summed E-state index contributed by atoms with van der Waals surface area (Å²) in [6, 6.07) is 1.52. The predicted octanol–water partition coefficient (Wildman–Crippen LogP) is 2.41. The third-order valence-corrected chi connectivity index (χ3v) is 3.35. The molecule has 1 aromatic rings. The molecule has 0 spiro atoms. The Balaban J connectivity index is 2.43. The van der Waals surface area contributed by atoms with E-state index >= 15 is 0 Å². The van der Waals surface area contributed by atoms with E-state index in [2.05, 4.69) is 0 Å². The largest absolute Gasteiger partial charge is 0.489 e. The Bertz CT molecular complexity index is 515. The van der Waals surface area contributed by atoms with E-state index in [1.165, 1.54) is 6.07 Å². The van der Waals surface area contributed by atoms with Gasteiger partial charge in [-0.1, -0.05) is 11.6 Å². The van der Waals surface area contributed by atoms with Crippen molar-refractivity contribution in [2.24, 2.45) is 0 Å². The van der Waals surface area contributed by atoms with Crippen molar-refractivity contribution >= 4 is 17.6 Å². The van der Waals surface area contributed by atoms with Crippen LogP contribution in [0.25, 0.3) is 0 Å². The van der Waals surface area contributed by atoms with Gasteiger partial charge in [0.25, 0.3) is 0 Å². The zero-order valence-electron chi connectivity index (χ0n) is 11.4. The molecule has 20 heavy (non-hydrogen) atoms. The highest BCUT2D eigenvalue weighted by atomic mass is 35.5. The minimum Gasteiger partial charge on any atom is -0.489 e. The number of carbonyl (C=O) groups is 1. The molecule has 0 saturated carbocycles. The fourth-order valence-electron chi connectivity index (χ4n) is 2.07. The third-order valence-electron chi connectivity index (χ3n) is 3.06. The lowest BCUT2D eigenvalue weighted by Gasteiger charge is -2.18. The Morgan fingerprint density at radius 2 is 2.10 bits per heavy atom. The molecular formula is C14H17ClO5. The van der Waals surface area contributed by atoms with Crippen molar-refractivity contribution in [3.05, 3.63) is 22.2 Å². The second-order valence-corrected chi connectivity index (χ2v) is 4.84. The van der Waals surface area contributed by atoms with E-state index in [1.54, 1.807) is 13.8 Å². The molecule has 6 heteroatoms. The minimum atomic E-state index is -1.38. The fourth-order valence-corrected chi connectivity index (χ4v) is 2.33. The van der Waals surface area contributed by atoms with Crippen LogP contribution in [-0.2, 0) is 9.53 Å². The van der Waals surface area contributed by atoms with E-state index in [9.17, 15) is 9.90 Å². The van der Waals surface area contributed by atoms with Gasteiger partial charge in [-0.3, -0.25) is 0 Å². The number of carbonyl (C=O) groups excluding carboxylic acids is 1. The molecular weight excluding hydrogens is 284 g/mol. The van der Waals surface area contributed by atoms with Crippen LogP contribution in [0.4, 0.5) is 0 Å². The van der Waals surface area contributed by atoms with Gasteiger partial charge >= 0.3 is 5.97 Å². The van der Waals surface area contributed by atoms with Gasteiger partial charge in [0, 0.05) is 17.5 Å². The maximum absolute atomic E-state index is 11.7. The standard InChI is InChI=1S/C14H17ClO5/c1-3-18-14(17)11(16)9-7-10(15)13-12(8(9)2)19-5-4-6-20-13/h7,11,16H,3-6H2,1-2H3. The monoisotopic (exact) mass is 300 g/mol. The molecule has 110 valence electrons. The molecule has 1 aliphatic heterocycles. The van der Waals surface area contributed by atoms with E-state index < -0.39 is 12.1 Å². The van der Waals surface area contributed by atoms with Crippen molar-refractivity contribution in [2.75, 3.05) is 19.8 Å². The summed E-state index contributed by atoms with van der Waals surface area (Å²) < 4.78 is 16.0. The molecule has 5 nitrogen and oxygen atoms in total. The summed E-state index contributed by atoms with van der Waals surface area (Å²) in [5.41, 5.74) is 1.00. The maximum atomic E-state index is 11.7. The van der Waals surface area contributed by atoms with Crippen molar-refractivity contribution in [1.29, 1.82) is 0 Å². The van der Waals surface area contributed by atoms with Gasteiger partial charge in [0.15, 0.2) is 17.6 Å². The number of benzene rings is 1. The number of hydrogen-bond acceptors (Lipinski definition) is 5. The van der Waals surface area contributed by atoms with Crippen LogP contribution < -0.4 is 9.47 Å². The lowest BCUT2D eigenvalue weighted by molar-refractivity contribution is -0.153. The Labute approximate surface area is 122 Å². The van der Waals surface area contributed by atoms with Crippen LogP contribution >= 0.6 is 11.6 Å². The first-order chi connectivity index (χ1) is 9.56. The summed E-state index contributed by atoms with van der Waals surface area (Å²) >= 11 is 6.15. The first-order valence-electron chi connectivity index (χ1n) is 6.49. The second-order valence-electron chi connectivity index (χ2n) is 4.44. The summed E-state index contributed by atoms with van der Waals surface area (Å²) in [5, 5.41) is 10.4. The molecule has 0 fully saturated rings. The normalized spacial score (nSPS) is 15.4. The van der Waals surface area contributed by atoms with E-state index in [-0.39, 0.29) is 6.61 Å². The molecule has 0 radical (unpaired) electrons. The Morgan fingerprint density at radius 3 is 2.75 bits per heavy atom. The van der Waals surface area contributed by atoms with Gasteiger partial charge in [-0.2, -0.15) is 0 Å². The Hall–Kier alpha value is -1.46. The zero-order chi connectivity index (χ0) is 14.7. The maximum Gasteiger partial charge on any atom is 0.339 e. The highest BCUT2D eigenvalue weighted by Gasteiger charge is 2.27. The lowest BCUT2D eigenvalue weighted by atomic mass is 10.0. The van der Waals surface area contributed by atoms with Crippen molar-refractivity contribution in [3.8, 4) is 11.5 Å². The van der Waals surface area contributed by atoms with Gasteiger partial charge in [0.2, 0.25) is 0 Å². The Kier molecular flexibility index (Phi) is 4.73. The van der Waals surface area contributed by atoms with Gasteiger partial charge in [-0.15, -0.1) is 0 Å². The summed E-state index contributed by atoms with van der Waals surface area (Å²) in [6.07, 6.45) is -0.634.